The molecule has 2 N–H and O–H groups in total. The number of aromatic nitrogens is 2. The number of hydrogen-bond donors (Lipinski definition) is 1. The maximum Gasteiger partial charge on any atom is 0.0675 e. The molecule has 1 aromatic heterocycles. The molecular formula is C16H23N3. The first-order chi connectivity index (χ1) is 9.08. The Balaban J connectivity index is 2.61. The van der Waals surface area contributed by atoms with Crippen molar-refractivity contribution in [2.45, 2.75) is 47.2 Å². The van der Waals surface area contributed by atoms with Crippen molar-refractivity contribution in [3.8, 4) is 11.1 Å². The summed E-state index contributed by atoms with van der Waals surface area (Å²) in [6.45, 7) is 10.0. The fourth-order valence-corrected chi connectivity index (χ4v) is 2.62. The third-order valence-corrected chi connectivity index (χ3v) is 3.57. The van der Waals surface area contributed by atoms with Crippen LogP contribution < -0.4 is 5.73 Å². The fraction of sp³-hybridized carbons (Fsp3) is 0.438. The van der Waals surface area contributed by atoms with Crippen LogP contribution in [0.1, 0.15) is 35.9 Å². The van der Waals surface area contributed by atoms with Crippen molar-refractivity contribution in [1.82, 2.24) is 9.78 Å². The largest absolute Gasteiger partial charge is 0.326 e. The molecule has 0 bridgehead atoms. The van der Waals surface area contributed by atoms with Gasteiger partial charge in [0.25, 0.3) is 0 Å². The zero-order valence-corrected chi connectivity index (χ0v) is 12.3. The second kappa shape index (κ2) is 5.57. The molecule has 0 spiro atoms. The summed E-state index contributed by atoms with van der Waals surface area (Å²) in [5.41, 5.74) is 13.1. The van der Waals surface area contributed by atoms with E-state index in [2.05, 4.69) is 55.7 Å². The number of benzene rings is 1. The van der Waals surface area contributed by atoms with E-state index in [0.29, 0.717) is 6.54 Å². The molecule has 1 heterocycles. The molecule has 3 nitrogen and oxygen atoms in total. The molecule has 0 saturated carbocycles. The predicted molar refractivity (Wildman–Crippen MR) is 80.1 cm³/mol. The molecule has 0 aliphatic carbocycles. The molecule has 19 heavy (non-hydrogen) atoms. The van der Waals surface area contributed by atoms with E-state index in [1.54, 1.807) is 0 Å². The summed E-state index contributed by atoms with van der Waals surface area (Å²) in [6, 6.07) is 6.46. The summed E-state index contributed by atoms with van der Waals surface area (Å²) >= 11 is 0. The average molecular weight is 257 g/mol. The molecular weight excluding hydrogens is 234 g/mol. The minimum absolute atomic E-state index is 0.563. The fourth-order valence-electron chi connectivity index (χ4n) is 2.62. The van der Waals surface area contributed by atoms with E-state index >= 15 is 0 Å². The number of aryl methyl sites for hydroxylation is 3. The van der Waals surface area contributed by atoms with Gasteiger partial charge in [0.2, 0.25) is 0 Å². The summed E-state index contributed by atoms with van der Waals surface area (Å²) in [5.74, 6) is 0. The molecule has 2 aromatic rings. The van der Waals surface area contributed by atoms with Crippen LogP contribution in [-0.2, 0) is 13.1 Å². The highest BCUT2D eigenvalue weighted by molar-refractivity contribution is 5.72. The number of nitrogens with two attached hydrogens (primary N) is 1. The van der Waals surface area contributed by atoms with E-state index in [-0.39, 0.29) is 0 Å². The molecule has 0 amide bonds. The molecule has 2 rings (SSSR count). The highest BCUT2D eigenvalue weighted by atomic mass is 15.3. The monoisotopic (exact) mass is 257 g/mol. The van der Waals surface area contributed by atoms with E-state index in [1.165, 1.54) is 27.9 Å². The standard InChI is InChI=1S/C16H23N3/c1-5-8-19-13(4)16(12(3)18-19)15-9-11(2)6-7-14(15)10-17/h6-7,9H,5,8,10,17H2,1-4H3. The first-order valence-electron chi connectivity index (χ1n) is 6.92. The highest BCUT2D eigenvalue weighted by Gasteiger charge is 2.15. The molecule has 102 valence electrons. The Morgan fingerprint density at radius 2 is 1.95 bits per heavy atom. The van der Waals surface area contributed by atoms with Crippen LogP contribution in [0.4, 0.5) is 0 Å². The summed E-state index contributed by atoms with van der Waals surface area (Å²) in [5, 5.41) is 4.66. The minimum atomic E-state index is 0.563. The summed E-state index contributed by atoms with van der Waals surface area (Å²) in [6.07, 6.45) is 1.10. The van der Waals surface area contributed by atoms with E-state index in [0.717, 1.165) is 18.7 Å². The van der Waals surface area contributed by atoms with Gasteiger partial charge in [0.05, 0.1) is 5.69 Å². The van der Waals surface area contributed by atoms with Crippen molar-refractivity contribution in [1.29, 1.82) is 0 Å². The van der Waals surface area contributed by atoms with Crippen molar-refractivity contribution < 1.29 is 0 Å². The zero-order chi connectivity index (χ0) is 14.0. The van der Waals surface area contributed by atoms with Crippen molar-refractivity contribution in [2.75, 3.05) is 0 Å². The topological polar surface area (TPSA) is 43.8 Å². The minimum Gasteiger partial charge on any atom is -0.326 e. The van der Waals surface area contributed by atoms with Gasteiger partial charge in [-0.25, -0.2) is 0 Å². The third kappa shape index (κ3) is 2.56. The van der Waals surface area contributed by atoms with Crippen molar-refractivity contribution >= 4 is 0 Å². The van der Waals surface area contributed by atoms with Crippen molar-refractivity contribution in [3.63, 3.8) is 0 Å². The Labute approximate surface area is 115 Å². The van der Waals surface area contributed by atoms with Crippen LogP contribution in [0, 0.1) is 20.8 Å². The highest BCUT2D eigenvalue weighted by Crippen LogP contribution is 2.30. The normalized spacial score (nSPS) is 11.0. The zero-order valence-electron chi connectivity index (χ0n) is 12.3. The molecule has 0 saturated heterocycles. The van der Waals surface area contributed by atoms with Gasteiger partial charge in [0, 0.05) is 24.3 Å². The van der Waals surface area contributed by atoms with Gasteiger partial charge in [0.1, 0.15) is 0 Å². The predicted octanol–water partition coefficient (Wildman–Crippen LogP) is 3.34. The maximum atomic E-state index is 5.88. The van der Waals surface area contributed by atoms with E-state index < -0.39 is 0 Å². The second-order valence-electron chi connectivity index (χ2n) is 5.13. The third-order valence-electron chi connectivity index (χ3n) is 3.57. The molecule has 0 fully saturated rings. The van der Waals surface area contributed by atoms with Crippen molar-refractivity contribution in [2.24, 2.45) is 5.73 Å². The van der Waals surface area contributed by atoms with Gasteiger partial charge in [-0.1, -0.05) is 30.7 Å². The Bertz CT molecular complexity index is 582. The summed E-state index contributed by atoms with van der Waals surface area (Å²) < 4.78 is 2.10. The maximum absolute atomic E-state index is 5.88. The Morgan fingerprint density at radius 3 is 2.58 bits per heavy atom. The average Bonchev–Trinajstić information content (AvgIpc) is 2.65. The van der Waals surface area contributed by atoms with Gasteiger partial charge in [-0.2, -0.15) is 5.10 Å². The van der Waals surface area contributed by atoms with Crippen LogP contribution >= 0.6 is 0 Å². The SMILES string of the molecule is CCCn1nc(C)c(-c2cc(C)ccc2CN)c1C. The van der Waals surface area contributed by atoms with Crippen LogP contribution in [0.15, 0.2) is 18.2 Å². The van der Waals surface area contributed by atoms with E-state index in [9.17, 15) is 0 Å². The lowest BCUT2D eigenvalue weighted by atomic mass is 9.96. The van der Waals surface area contributed by atoms with Gasteiger partial charge in [0.15, 0.2) is 0 Å². The van der Waals surface area contributed by atoms with Gasteiger partial charge >= 0.3 is 0 Å². The van der Waals surface area contributed by atoms with Crippen LogP contribution in [0.25, 0.3) is 11.1 Å². The molecule has 0 aliphatic heterocycles. The van der Waals surface area contributed by atoms with Crippen molar-refractivity contribution in [3.05, 3.63) is 40.7 Å². The number of nitrogens with zero attached hydrogens (tertiary/aromatic N) is 2. The Morgan fingerprint density at radius 1 is 1.21 bits per heavy atom. The van der Waals surface area contributed by atoms with Gasteiger partial charge in [-0.05, 0) is 38.3 Å². The molecule has 0 atom stereocenters. The first kappa shape index (κ1) is 13.8. The summed E-state index contributed by atoms with van der Waals surface area (Å²) in [7, 11) is 0. The molecule has 3 heteroatoms. The number of hydrogen-bond acceptors (Lipinski definition) is 2. The molecule has 0 radical (unpaired) electrons. The molecule has 0 aliphatic rings. The Hall–Kier alpha value is -1.61. The van der Waals surface area contributed by atoms with Gasteiger partial charge in [-0.3, -0.25) is 4.68 Å². The number of rotatable bonds is 4. The van der Waals surface area contributed by atoms with Crippen LogP contribution in [0.5, 0.6) is 0 Å². The smallest absolute Gasteiger partial charge is 0.0675 e. The van der Waals surface area contributed by atoms with Crippen LogP contribution in [0.2, 0.25) is 0 Å². The van der Waals surface area contributed by atoms with E-state index in [1.807, 2.05) is 0 Å². The van der Waals surface area contributed by atoms with E-state index in [4.69, 9.17) is 5.73 Å². The first-order valence-corrected chi connectivity index (χ1v) is 6.92. The Kier molecular flexibility index (Phi) is 4.05. The lowest BCUT2D eigenvalue weighted by molar-refractivity contribution is 0.583. The quantitative estimate of drug-likeness (QED) is 0.913. The summed E-state index contributed by atoms with van der Waals surface area (Å²) in [4.78, 5) is 0. The lowest BCUT2D eigenvalue weighted by Crippen LogP contribution is -2.02. The van der Waals surface area contributed by atoms with Gasteiger partial charge < -0.3 is 5.73 Å². The second-order valence-corrected chi connectivity index (χ2v) is 5.13. The van der Waals surface area contributed by atoms with Gasteiger partial charge in [-0.15, -0.1) is 0 Å². The molecule has 0 unspecified atom stereocenters. The van der Waals surface area contributed by atoms with Crippen LogP contribution in [0.3, 0.4) is 0 Å². The molecule has 1 aromatic carbocycles. The lowest BCUT2D eigenvalue weighted by Gasteiger charge is -2.10. The van der Waals surface area contributed by atoms with Crippen LogP contribution in [-0.4, -0.2) is 9.78 Å².